The van der Waals surface area contributed by atoms with Gasteiger partial charge in [0.15, 0.2) is 0 Å². The molecule has 0 N–H and O–H groups in total. The van der Waals surface area contributed by atoms with E-state index in [1.165, 1.54) is 12.8 Å². The molecule has 0 spiro atoms. The minimum Gasteiger partial charge on any atom is -1.00 e. The number of nitrogens with zero attached hydrogens (tertiary/aromatic N) is 2. The molecular formula is C8H15BF4N2. The first-order valence-electron chi connectivity index (χ1n) is 3.84. The molecule has 1 rings (SSSR count). The van der Waals surface area contributed by atoms with Gasteiger partial charge in [-0.25, -0.2) is 9.13 Å². The first-order chi connectivity index (χ1) is 4.83. The second-order valence-corrected chi connectivity index (χ2v) is 2.67. The molecule has 0 unspecified atom stereocenters. The average molecular weight is 226 g/mol. The zero-order valence-electron chi connectivity index (χ0n) is 8.84. The third kappa shape index (κ3) is 10.9. The van der Waals surface area contributed by atoms with Gasteiger partial charge in [-0.05, 0) is 6.42 Å². The van der Waals surface area contributed by atoms with Gasteiger partial charge >= 0.3 is 8.41 Å². The van der Waals surface area contributed by atoms with Gasteiger partial charge in [0.1, 0.15) is 12.4 Å². The number of aromatic nitrogens is 2. The van der Waals surface area contributed by atoms with E-state index in [0.29, 0.717) is 0 Å². The van der Waals surface area contributed by atoms with Crippen LogP contribution in [-0.4, -0.2) is 13.0 Å². The predicted molar refractivity (Wildman–Crippen MR) is 46.3 cm³/mol. The number of rotatable bonds is 3. The second kappa shape index (κ2) is 15.5. The average Bonchev–Trinajstić information content (AvgIpc) is 2.31. The maximum Gasteiger partial charge on any atom is 3.00 e. The van der Waals surface area contributed by atoms with E-state index >= 15 is 0 Å². The van der Waals surface area contributed by atoms with Crippen LogP contribution in [0, 0.1) is 0 Å². The molecule has 0 aliphatic rings. The fraction of sp³-hybridized carbons (Fsp3) is 0.625. The summed E-state index contributed by atoms with van der Waals surface area (Å²) >= 11 is 0. The van der Waals surface area contributed by atoms with Crippen LogP contribution in [-0.2, 0) is 13.6 Å². The van der Waals surface area contributed by atoms with Gasteiger partial charge in [-0.3, -0.25) is 0 Å². The normalized spacial score (nSPS) is 6.80. The van der Waals surface area contributed by atoms with Crippen molar-refractivity contribution in [3.63, 3.8) is 0 Å². The third-order valence-electron chi connectivity index (χ3n) is 1.59. The molecule has 1 heterocycles. The molecule has 0 saturated heterocycles. The maximum atomic E-state index is 2.21. The van der Waals surface area contributed by atoms with Crippen molar-refractivity contribution in [2.24, 2.45) is 7.05 Å². The van der Waals surface area contributed by atoms with E-state index in [4.69, 9.17) is 0 Å². The molecule has 0 aromatic carbocycles. The molecule has 0 saturated carbocycles. The van der Waals surface area contributed by atoms with E-state index in [9.17, 15) is 0 Å². The predicted octanol–water partition coefficient (Wildman–Crippen LogP) is -11.3. The molecule has 0 amide bonds. The molecule has 1 aromatic heterocycles. The maximum absolute atomic E-state index is 2.21. The zero-order valence-corrected chi connectivity index (χ0v) is 8.84. The van der Waals surface area contributed by atoms with E-state index in [-0.39, 0.29) is 27.2 Å². The monoisotopic (exact) mass is 226 g/mol. The van der Waals surface area contributed by atoms with Crippen molar-refractivity contribution < 1.29 is 23.4 Å². The van der Waals surface area contributed by atoms with Crippen LogP contribution in [0.4, 0.5) is 0 Å². The SMILES string of the molecule is CCCC[n+]1ccn(C)c1.[B+3].[F-].[F-].[F-].[F-]. The van der Waals surface area contributed by atoms with Gasteiger partial charge in [0.2, 0.25) is 6.33 Å². The summed E-state index contributed by atoms with van der Waals surface area (Å²) in [6, 6.07) is 0. The molecule has 0 radical (unpaired) electrons. The topological polar surface area (TPSA) is 8.81 Å². The Morgan fingerprint density at radius 1 is 1.13 bits per heavy atom. The van der Waals surface area contributed by atoms with Crippen LogP contribution in [0.2, 0.25) is 0 Å². The standard InChI is InChI=1S/C8H15N2.B.4FH/c1-3-4-5-10-7-6-9(2)8-10;;;;;/h6-8H,3-5H2,1-2H3;;4*1H/q+1;+3;;;;/p-4. The number of hydrogen-bond acceptors (Lipinski definition) is 0. The van der Waals surface area contributed by atoms with Gasteiger partial charge < -0.3 is 18.8 Å². The van der Waals surface area contributed by atoms with Crippen LogP contribution in [0.15, 0.2) is 18.7 Å². The van der Waals surface area contributed by atoms with Crippen molar-refractivity contribution in [2.75, 3.05) is 0 Å². The third-order valence-corrected chi connectivity index (χ3v) is 1.59. The summed E-state index contributed by atoms with van der Waals surface area (Å²) in [6.45, 7) is 3.36. The fourth-order valence-electron chi connectivity index (χ4n) is 0.975. The summed E-state index contributed by atoms with van der Waals surface area (Å²) < 4.78 is 4.28. The van der Waals surface area contributed by atoms with Crippen molar-refractivity contribution in [2.45, 2.75) is 26.3 Å². The zero-order chi connectivity index (χ0) is 7.40. The molecule has 0 fully saturated rings. The Labute approximate surface area is 89.3 Å². The van der Waals surface area contributed by atoms with E-state index < -0.39 is 0 Å². The van der Waals surface area contributed by atoms with Crippen LogP contribution < -0.4 is 23.4 Å². The molecule has 88 valence electrons. The first-order valence-corrected chi connectivity index (χ1v) is 3.84. The Morgan fingerprint density at radius 2 is 1.67 bits per heavy atom. The number of aryl methyl sites for hydroxylation is 2. The Hall–Kier alpha value is -1.01. The van der Waals surface area contributed by atoms with Crippen LogP contribution in [0.3, 0.4) is 0 Å². The second-order valence-electron chi connectivity index (χ2n) is 2.67. The van der Waals surface area contributed by atoms with Crippen LogP contribution in [0.5, 0.6) is 0 Å². The Bertz CT molecular complexity index is 208. The molecular weight excluding hydrogens is 211 g/mol. The molecule has 0 atom stereocenters. The minimum atomic E-state index is 0. The van der Waals surface area contributed by atoms with Gasteiger partial charge in [0, 0.05) is 0 Å². The van der Waals surface area contributed by atoms with Gasteiger partial charge in [-0.15, -0.1) is 0 Å². The summed E-state index contributed by atoms with van der Waals surface area (Å²) in [7, 11) is 2.04. The summed E-state index contributed by atoms with van der Waals surface area (Å²) in [6.07, 6.45) is 8.82. The van der Waals surface area contributed by atoms with Gasteiger partial charge in [-0.2, -0.15) is 0 Å². The molecule has 0 aliphatic carbocycles. The summed E-state index contributed by atoms with van der Waals surface area (Å²) in [5.74, 6) is 0. The fourth-order valence-corrected chi connectivity index (χ4v) is 0.975. The number of hydrogen-bond donors (Lipinski definition) is 0. The van der Waals surface area contributed by atoms with Gasteiger partial charge in [-0.1, -0.05) is 13.3 Å². The summed E-state index contributed by atoms with van der Waals surface area (Å²) in [5.41, 5.74) is 0. The molecule has 7 heteroatoms. The summed E-state index contributed by atoms with van der Waals surface area (Å²) in [5, 5.41) is 0. The number of halogens is 4. The van der Waals surface area contributed by atoms with Crippen molar-refractivity contribution in [3.05, 3.63) is 18.7 Å². The Balaban J connectivity index is -0.0000000667. The smallest absolute Gasteiger partial charge is 1.00 e. The molecule has 1 aromatic rings. The molecule has 0 bridgehead atoms. The van der Waals surface area contributed by atoms with Crippen molar-refractivity contribution in [1.29, 1.82) is 0 Å². The number of unbranched alkanes of at least 4 members (excludes halogenated alkanes) is 1. The summed E-state index contributed by atoms with van der Waals surface area (Å²) in [4.78, 5) is 0. The van der Waals surface area contributed by atoms with E-state index in [1.807, 2.05) is 7.05 Å². The quantitative estimate of drug-likeness (QED) is 0.275. The van der Waals surface area contributed by atoms with Crippen molar-refractivity contribution >= 4 is 8.41 Å². The number of imidazole rings is 1. The van der Waals surface area contributed by atoms with Gasteiger partial charge in [0.05, 0.1) is 13.6 Å². The van der Waals surface area contributed by atoms with Crippen LogP contribution in [0.1, 0.15) is 19.8 Å². The molecule has 15 heavy (non-hydrogen) atoms. The molecule has 0 aliphatic heterocycles. The molecule has 2 nitrogen and oxygen atoms in total. The van der Waals surface area contributed by atoms with Crippen LogP contribution >= 0.6 is 0 Å². The van der Waals surface area contributed by atoms with Crippen LogP contribution in [0.25, 0.3) is 0 Å². The largest absolute Gasteiger partial charge is 3.00 e. The van der Waals surface area contributed by atoms with Gasteiger partial charge in [0.25, 0.3) is 0 Å². The minimum absolute atomic E-state index is 0. The van der Waals surface area contributed by atoms with E-state index in [2.05, 4.69) is 34.8 Å². The van der Waals surface area contributed by atoms with Crippen molar-refractivity contribution in [1.82, 2.24) is 4.57 Å². The first kappa shape index (κ1) is 29.2. The van der Waals surface area contributed by atoms with E-state index in [1.54, 1.807) is 0 Å². The Kier molecular flexibility index (Phi) is 30.1. The van der Waals surface area contributed by atoms with E-state index in [0.717, 1.165) is 6.54 Å². The van der Waals surface area contributed by atoms with Crippen molar-refractivity contribution in [3.8, 4) is 0 Å². The Morgan fingerprint density at radius 3 is 2.00 bits per heavy atom.